The Kier molecular flexibility index (Phi) is 3.90. The molecule has 1 aromatic heterocycles. The van der Waals surface area contributed by atoms with Gasteiger partial charge in [-0.05, 0) is 35.0 Å². The second kappa shape index (κ2) is 4.82. The van der Waals surface area contributed by atoms with Gasteiger partial charge >= 0.3 is 12.1 Å². The third-order valence-electron chi connectivity index (χ3n) is 1.60. The summed E-state index contributed by atoms with van der Waals surface area (Å²) in [6.07, 6.45) is -4.59. The summed E-state index contributed by atoms with van der Waals surface area (Å²) in [4.78, 5) is 14.5. The number of carbonyl (C=O) groups is 1. The number of hydrogen-bond donors (Lipinski definition) is 0. The maximum Gasteiger partial charge on any atom is 0.433 e. The maximum absolute atomic E-state index is 12.4. The van der Waals surface area contributed by atoms with Gasteiger partial charge in [0.05, 0.1) is 12.2 Å². The fourth-order valence-corrected chi connectivity index (χ4v) is 1.41. The molecule has 3 nitrogen and oxygen atoms in total. The fourth-order valence-electron chi connectivity index (χ4n) is 0.974. The van der Waals surface area contributed by atoms with Crippen molar-refractivity contribution in [2.24, 2.45) is 0 Å². The zero-order valence-corrected chi connectivity index (χ0v) is 9.72. The molecule has 88 valence electrons. The highest BCUT2D eigenvalue weighted by Gasteiger charge is 2.33. The molecule has 0 aromatic carbocycles. The van der Waals surface area contributed by atoms with Crippen LogP contribution in [0.2, 0.25) is 0 Å². The SMILES string of the molecule is CCOC(=O)c1cc(Br)nc(C(F)(F)F)c1. The van der Waals surface area contributed by atoms with E-state index in [0.29, 0.717) is 6.07 Å². The van der Waals surface area contributed by atoms with Crippen LogP contribution < -0.4 is 0 Å². The van der Waals surface area contributed by atoms with E-state index in [4.69, 9.17) is 0 Å². The number of nitrogens with zero attached hydrogens (tertiary/aromatic N) is 1. The van der Waals surface area contributed by atoms with Crippen molar-refractivity contribution in [3.63, 3.8) is 0 Å². The standard InChI is InChI=1S/C9H7BrF3NO2/c1-2-16-8(15)5-3-6(9(11,12)13)14-7(10)4-5/h3-4H,2H2,1H3. The molecule has 0 N–H and O–H groups in total. The summed E-state index contributed by atoms with van der Waals surface area (Å²) in [6.45, 7) is 1.67. The van der Waals surface area contributed by atoms with Crippen LogP contribution in [0.15, 0.2) is 16.7 Å². The van der Waals surface area contributed by atoms with Crippen LogP contribution in [0.4, 0.5) is 13.2 Å². The van der Waals surface area contributed by atoms with E-state index in [1.165, 1.54) is 6.07 Å². The number of rotatable bonds is 2. The van der Waals surface area contributed by atoms with Crippen molar-refractivity contribution in [3.05, 3.63) is 28.0 Å². The lowest BCUT2D eigenvalue weighted by Gasteiger charge is -2.08. The zero-order valence-electron chi connectivity index (χ0n) is 8.14. The lowest BCUT2D eigenvalue weighted by atomic mass is 10.2. The molecule has 16 heavy (non-hydrogen) atoms. The molecule has 1 aromatic rings. The highest BCUT2D eigenvalue weighted by molar-refractivity contribution is 9.10. The monoisotopic (exact) mass is 297 g/mol. The molecule has 0 radical (unpaired) electrons. The molecular formula is C9H7BrF3NO2. The number of alkyl halides is 3. The van der Waals surface area contributed by atoms with Gasteiger partial charge in [0.25, 0.3) is 0 Å². The quantitative estimate of drug-likeness (QED) is 0.622. The van der Waals surface area contributed by atoms with E-state index >= 15 is 0 Å². The normalized spacial score (nSPS) is 11.3. The van der Waals surface area contributed by atoms with Crippen LogP contribution in [0.3, 0.4) is 0 Å². The average Bonchev–Trinajstić information content (AvgIpc) is 2.16. The first-order valence-corrected chi connectivity index (χ1v) is 5.05. The van der Waals surface area contributed by atoms with Gasteiger partial charge in [0.1, 0.15) is 10.3 Å². The Morgan fingerprint density at radius 3 is 2.62 bits per heavy atom. The summed E-state index contributed by atoms with van der Waals surface area (Å²) in [5.41, 5.74) is -1.32. The van der Waals surface area contributed by atoms with E-state index in [2.05, 4.69) is 25.7 Å². The number of carbonyl (C=O) groups excluding carboxylic acids is 1. The van der Waals surface area contributed by atoms with Gasteiger partial charge in [-0.15, -0.1) is 0 Å². The summed E-state index contributed by atoms with van der Waals surface area (Å²) in [5.74, 6) is -0.809. The topological polar surface area (TPSA) is 39.2 Å². The molecule has 0 fully saturated rings. The first kappa shape index (κ1) is 13.0. The van der Waals surface area contributed by atoms with E-state index < -0.39 is 17.8 Å². The highest BCUT2D eigenvalue weighted by atomic mass is 79.9. The van der Waals surface area contributed by atoms with Crippen LogP contribution in [-0.4, -0.2) is 17.6 Å². The van der Waals surface area contributed by atoms with Gasteiger partial charge in [-0.3, -0.25) is 0 Å². The molecule has 7 heteroatoms. The van der Waals surface area contributed by atoms with E-state index in [1.807, 2.05) is 0 Å². The summed E-state index contributed by atoms with van der Waals surface area (Å²) < 4.78 is 41.6. The van der Waals surface area contributed by atoms with Crippen molar-refractivity contribution in [2.75, 3.05) is 6.61 Å². The first-order valence-electron chi connectivity index (χ1n) is 4.26. The van der Waals surface area contributed by atoms with Crippen LogP contribution >= 0.6 is 15.9 Å². The van der Waals surface area contributed by atoms with E-state index in [9.17, 15) is 18.0 Å². The molecule has 1 heterocycles. The molecule has 0 saturated carbocycles. The number of hydrogen-bond acceptors (Lipinski definition) is 3. The van der Waals surface area contributed by atoms with Gasteiger partial charge in [0.15, 0.2) is 0 Å². The van der Waals surface area contributed by atoms with Crippen LogP contribution in [0.1, 0.15) is 23.0 Å². The second-order valence-corrected chi connectivity index (χ2v) is 3.59. The van der Waals surface area contributed by atoms with E-state index in [0.717, 1.165) is 0 Å². The van der Waals surface area contributed by atoms with Crippen LogP contribution in [0.25, 0.3) is 0 Å². The number of esters is 1. The fraction of sp³-hybridized carbons (Fsp3) is 0.333. The van der Waals surface area contributed by atoms with Crippen LogP contribution in [-0.2, 0) is 10.9 Å². The molecule has 0 unspecified atom stereocenters. The van der Waals surface area contributed by atoms with Gasteiger partial charge in [-0.25, -0.2) is 9.78 Å². The van der Waals surface area contributed by atoms with Crippen molar-refractivity contribution in [2.45, 2.75) is 13.1 Å². The molecule has 0 amide bonds. The van der Waals surface area contributed by atoms with E-state index in [-0.39, 0.29) is 16.8 Å². The summed E-state index contributed by atoms with van der Waals surface area (Å²) in [6, 6.07) is 1.83. The van der Waals surface area contributed by atoms with Crippen LogP contribution in [0, 0.1) is 0 Å². The number of ether oxygens (including phenoxy) is 1. The molecule has 0 bridgehead atoms. The number of aromatic nitrogens is 1. The van der Waals surface area contributed by atoms with Crippen molar-refractivity contribution >= 4 is 21.9 Å². The molecule has 0 aliphatic rings. The Morgan fingerprint density at radius 1 is 1.50 bits per heavy atom. The van der Waals surface area contributed by atoms with E-state index in [1.54, 1.807) is 6.92 Å². The van der Waals surface area contributed by atoms with Gasteiger partial charge < -0.3 is 4.74 Å². The minimum Gasteiger partial charge on any atom is -0.462 e. The van der Waals surface area contributed by atoms with Crippen molar-refractivity contribution in [1.82, 2.24) is 4.98 Å². The molecule has 0 spiro atoms. The Hall–Kier alpha value is -1.11. The first-order chi connectivity index (χ1) is 7.34. The van der Waals surface area contributed by atoms with Crippen molar-refractivity contribution in [1.29, 1.82) is 0 Å². The molecule has 1 rings (SSSR count). The molecular weight excluding hydrogens is 291 g/mol. The van der Waals surface area contributed by atoms with Gasteiger partial charge in [-0.1, -0.05) is 0 Å². The third-order valence-corrected chi connectivity index (χ3v) is 2.00. The lowest BCUT2D eigenvalue weighted by Crippen LogP contribution is -2.12. The lowest BCUT2D eigenvalue weighted by molar-refractivity contribution is -0.141. The summed E-state index contributed by atoms with van der Waals surface area (Å²) in [5, 5.41) is 0. The number of pyridine rings is 1. The Morgan fingerprint density at radius 2 is 2.12 bits per heavy atom. The van der Waals surface area contributed by atoms with Gasteiger partial charge in [-0.2, -0.15) is 13.2 Å². The van der Waals surface area contributed by atoms with Gasteiger partial charge in [0.2, 0.25) is 0 Å². The zero-order chi connectivity index (χ0) is 12.3. The predicted octanol–water partition coefficient (Wildman–Crippen LogP) is 3.04. The predicted molar refractivity (Wildman–Crippen MR) is 52.9 cm³/mol. The average molecular weight is 298 g/mol. The Balaban J connectivity index is 3.13. The third kappa shape index (κ3) is 3.19. The second-order valence-electron chi connectivity index (χ2n) is 2.78. The van der Waals surface area contributed by atoms with Gasteiger partial charge in [0, 0.05) is 0 Å². The minimum atomic E-state index is -4.59. The molecule has 0 saturated heterocycles. The maximum atomic E-state index is 12.4. The smallest absolute Gasteiger partial charge is 0.433 e. The largest absolute Gasteiger partial charge is 0.462 e. The Labute approximate surface area is 97.8 Å². The Bertz CT molecular complexity index is 406. The number of halogens is 4. The van der Waals surface area contributed by atoms with Crippen molar-refractivity contribution < 1.29 is 22.7 Å². The summed E-state index contributed by atoms with van der Waals surface area (Å²) in [7, 11) is 0. The van der Waals surface area contributed by atoms with Crippen molar-refractivity contribution in [3.8, 4) is 0 Å². The molecule has 0 aliphatic carbocycles. The molecule has 0 aliphatic heterocycles. The molecule has 0 atom stereocenters. The van der Waals surface area contributed by atoms with Crippen LogP contribution in [0.5, 0.6) is 0 Å². The minimum absolute atomic E-state index is 0.0645. The summed E-state index contributed by atoms with van der Waals surface area (Å²) >= 11 is 2.81. The highest BCUT2D eigenvalue weighted by Crippen LogP contribution is 2.29.